The summed E-state index contributed by atoms with van der Waals surface area (Å²) in [7, 11) is 0. The summed E-state index contributed by atoms with van der Waals surface area (Å²) in [6, 6.07) is 5.53. The van der Waals surface area contributed by atoms with Gasteiger partial charge in [0.1, 0.15) is 6.04 Å². The van der Waals surface area contributed by atoms with Gasteiger partial charge in [-0.25, -0.2) is 0 Å². The summed E-state index contributed by atoms with van der Waals surface area (Å²) < 4.78 is 0. The van der Waals surface area contributed by atoms with Crippen molar-refractivity contribution >= 4 is 35.8 Å². The zero-order chi connectivity index (χ0) is 20.0. The van der Waals surface area contributed by atoms with Gasteiger partial charge in [-0.1, -0.05) is 0 Å². The molecule has 7 nitrogen and oxygen atoms in total. The van der Waals surface area contributed by atoms with E-state index in [4.69, 9.17) is 0 Å². The number of imide groups is 1. The van der Waals surface area contributed by atoms with E-state index < -0.39 is 6.04 Å². The van der Waals surface area contributed by atoms with E-state index >= 15 is 0 Å². The highest BCUT2D eigenvalue weighted by molar-refractivity contribution is 6.05. The predicted octanol–water partition coefficient (Wildman–Crippen LogP) is 1.84. The number of hydrogen-bond donors (Lipinski definition) is 2. The number of fused-ring (bicyclic) bond motifs is 1. The fraction of sp³-hybridized carbons (Fsp3) is 0.591. The smallest absolute Gasteiger partial charge is 0.255 e. The van der Waals surface area contributed by atoms with Gasteiger partial charge in [0.2, 0.25) is 11.8 Å². The highest BCUT2D eigenvalue weighted by atomic mass is 35.5. The van der Waals surface area contributed by atoms with Gasteiger partial charge < -0.3 is 15.1 Å². The molecule has 3 saturated heterocycles. The third-order valence-corrected chi connectivity index (χ3v) is 7.36. The van der Waals surface area contributed by atoms with Crippen LogP contribution in [0.2, 0.25) is 0 Å². The zero-order valence-electron chi connectivity index (χ0n) is 17.1. The van der Waals surface area contributed by atoms with Crippen LogP contribution in [0.15, 0.2) is 18.2 Å². The molecule has 4 aliphatic heterocycles. The highest BCUT2D eigenvalue weighted by Gasteiger charge is 2.40. The summed E-state index contributed by atoms with van der Waals surface area (Å²) in [4.78, 5) is 40.5. The van der Waals surface area contributed by atoms with Crippen molar-refractivity contribution in [2.45, 2.75) is 51.1 Å². The minimum absolute atomic E-state index is 0. The van der Waals surface area contributed by atoms with Gasteiger partial charge in [0.05, 0.1) is 0 Å². The Morgan fingerprint density at radius 3 is 2.43 bits per heavy atom. The van der Waals surface area contributed by atoms with Crippen molar-refractivity contribution in [3.63, 3.8) is 0 Å². The van der Waals surface area contributed by atoms with Gasteiger partial charge in [-0.05, 0) is 74.4 Å². The molecule has 162 valence electrons. The topological polar surface area (TPSA) is 81.8 Å². The summed E-state index contributed by atoms with van der Waals surface area (Å²) in [6.45, 7) is 4.83. The molecule has 4 aliphatic rings. The van der Waals surface area contributed by atoms with Crippen LogP contribution in [0.5, 0.6) is 0 Å². The first-order valence-corrected chi connectivity index (χ1v) is 10.8. The van der Waals surface area contributed by atoms with Gasteiger partial charge in [-0.3, -0.25) is 19.7 Å². The predicted molar refractivity (Wildman–Crippen MR) is 116 cm³/mol. The number of carbonyl (C=O) groups excluding carboxylic acids is 3. The van der Waals surface area contributed by atoms with Crippen molar-refractivity contribution in [3.8, 4) is 0 Å². The average molecular weight is 433 g/mol. The van der Waals surface area contributed by atoms with Crippen LogP contribution < -0.4 is 15.5 Å². The number of anilines is 1. The second-order valence-corrected chi connectivity index (χ2v) is 8.98. The minimum atomic E-state index is -0.550. The van der Waals surface area contributed by atoms with E-state index in [2.05, 4.69) is 21.6 Å². The molecule has 0 radical (unpaired) electrons. The van der Waals surface area contributed by atoms with Crippen LogP contribution in [-0.2, 0) is 16.1 Å². The number of halogens is 1. The Balaban J connectivity index is 0.00000218. The second kappa shape index (κ2) is 8.19. The van der Waals surface area contributed by atoms with Gasteiger partial charge in [0.15, 0.2) is 0 Å². The standard InChI is InChI=1S/C22H28N4O3.ClH/c27-19-4-3-18(20(28)24-19)26-14-15-13-16(1-2-17(15)21(26)29)25-11-7-22(8-12-25)5-9-23-10-6-22;/h1-2,13,18,23H,3-12,14H2,(H,24,27,28);1H. The molecular weight excluding hydrogens is 404 g/mol. The molecule has 8 heteroatoms. The lowest BCUT2D eigenvalue weighted by Crippen LogP contribution is -2.52. The van der Waals surface area contributed by atoms with Crippen molar-refractivity contribution in [2.24, 2.45) is 5.41 Å². The molecule has 30 heavy (non-hydrogen) atoms. The lowest BCUT2D eigenvalue weighted by atomic mass is 9.71. The van der Waals surface area contributed by atoms with Gasteiger partial charge in [0.25, 0.3) is 5.91 Å². The third kappa shape index (κ3) is 3.69. The molecule has 0 bridgehead atoms. The Hall–Kier alpha value is -2.12. The number of nitrogens with one attached hydrogen (secondary N) is 2. The SMILES string of the molecule is Cl.O=C1CCC(N2Cc3cc(N4CCC5(CCNCC5)CC4)ccc3C2=O)C(=O)N1. The van der Waals surface area contributed by atoms with Gasteiger partial charge in [0, 0.05) is 37.3 Å². The van der Waals surface area contributed by atoms with Crippen molar-refractivity contribution < 1.29 is 14.4 Å². The Morgan fingerprint density at radius 2 is 1.73 bits per heavy atom. The first-order valence-electron chi connectivity index (χ1n) is 10.8. The summed E-state index contributed by atoms with van der Waals surface area (Å²) in [6.07, 6.45) is 5.70. The van der Waals surface area contributed by atoms with Crippen molar-refractivity contribution in [2.75, 3.05) is 31.1 Å². The van der Waals surface area contributed by atoms with E-state index in [0.29, 0.717) is 23.9 Å². The monoisotopic (exact) mass is 432 g/mol. The maximum absolute atomic E-state index is 12.9. The van der Waals surface area contributed by atoms with Crippen molar-refractivity contribution in [1.29, 1.82) is 0 Å². The molecule has 0 aliphatic carbocycles. The molecule has 1 atom stereocenters. The van der Waals surface area contributed by atoms with Crippen LogP contribution in [-0.4, -0.2) is 54.8 Å². The molecule has 3 fully saturated rings. The molecule has 2 N–H and O–H groups in total. The van der Waals surface area contributed by atoms with Crippen LogP contribution in [0.25, 0.3) is 0 Å². The average Bonchev–Trinajstić information content (AvgIpc) is 3.05. The largest absolute Gasteiger partial charge is 0.371 e. The Bertz CT molecular complexity index is 858. The Morgan fingerprint density at radius 1 is 1.00 bits per heavy atom. The molecule has 1 aromatic carbocycles. The molecule has 1 aromatic rings. The van der Waals surface area contributed by atoms with Crippen LogP contribution >= 0.6 is 12.4 Å². The van der Waals surface area contributed by atoms with Crippen LogP contribution in [0.3, 0.4) is 0 Å². The number of hydrogen-bond acceptors (Lipinski definition) is 5. The number of amides is 3. The van der Waals surface area contributed by atoms with Gasteiger partial charge >= 0.3 is 0 Å². The Kier molecular flexibility index (Phi) is 5.77. The van der Waals surface area contributed by atoms with E-state index in [9.17, 15) is 14.4 Å². The van der Waals surface area contributed by atoms with E-state index in [-0.39, 0.29) is 36.5 Å². The highest BCUT2D eigenvalue weighted by Crippen LogP contribution is 2.41. The maximum Gasteiger partial charge on any atom is 0.255 e. The van der Waals surface area contributed by atoms with E-state index in [1.54, 1.807) is 4.90 Å². The molecule has 1 unspecified atom stereocenters. The summed E-state index contributed by atoms with van der Waals surface area (Å²) in [5, 5.41) is 5.83. The van der Waals surface area contributed by atoms with Crippen molar-refractivity contribution in [1.82, 2.24) is 15.5 Å². The number of rotatable bonds is 2. The third-order valence-electron chi connectivity index (χ3n) is 7.36. The molecule has 4 heterocycles. The summed E-state index contributed by atoms with van der Waals surface area (Å²) in [5.41, 5.74) is 3.35. The number of nitrogens with zero attached hydrogens (tertiary/aromatic N) is 2. The maximum atomic E-state index is 12.9. The zero-order valence-corrected chi connectivity index (χ0v) is 17.9. The lowest BCUT2D eigenvalue weighted by Gasteiger charge is -2.45. The molecule has 0 aromatic heterocycles. The quantitative estimate of drug-likeness (QED) is 0.697. The number of piperidine rings is 3. The second-order valence-electron chi connectivity index (χ2n) is 8.98. The summed E-state index contributed by atoms with van der Waals surface area (Å²) in [5.74, 6) is -0.714. The van der Waals surface area contributed by atoms with Gasteiger partial charge in [-0.15, -0.1) is 12.4 Å². The van der Waals surface area contributed by atoms with Crippen LogP contribution in [0.1, 0.15) is 54.4 Å². The van der Waals surface area contributed by atoms with Crippen molar-refractivity contribution in [3.05, 3.63) is 29.3 Å². The summed E-state index contributed by atoms with van der Waals surface area (Å²) >= 11 is 0. The first-order chi connectivity index (χ1) is 14.0. The first kappa shape index (κ1) is 21.1. The minimum Gasteiger partial charge on any atom is -0.371 e. The van der Waals surface area contributed by atoms with Gasteiger partial charge in [-0.2, -0.15) is 0 Å². The molecule has 3 amide bonds. The number of carbonyl (C=O) groups is 3. The van der Waals surface area contributed by atoms with E-state index in [1.165, 1.54) is 31.4 Å². The Labute approximate surface area is 183 Å². The molecule has 5 rings (SSSR count). The van der Waals surface area contributed by atoms with Crippen LogP contribution in [0.4, 0.5) is 5.69 Å². The fourth-order valence-electron chi connectivity index (χ4n) is 5.45. The number of benzene rings is 1. The van der Waals surface area contributed by atoms with E-state index in [0.717, 1.165) is 31.7 Å². The van der Waals surface area contributed by atoms with Crippen LogP contribution in [0, 0.1) is 5.41 Å². The molecule has 0 saturated carbocycles. The fourth-order valence-corrected chi connectivity index (χ4v) is 5.45. The lowest BCUT2D eigenvalue weighted by molar-refractivity contribution is -0.136. The molecular formula is C22H29ClN4O3. The van der Waals surface area contributed by atoms with E-state index in [1.807, 2.05) is 12.1 Å². The normalized spacial score (nSPS) is 25.7. The molecule has 1 spiro atoms.